The predicted octanol–water partition coefficient (Wildman–Crippen LogP) is 3.12. The Balaban J connectivity index is 2.30. The fraction of sp³-hybridized carbons (Fsp3) is 0.133. The van der Waals surface area contributed by atoms with E-state index in [4.69, 9.17) is 0 Å². The van der Waals surface area contributed by atoms with E-state index in [0.29, 0.717) is 16.8 Å². The van der Waals surface area contributed by atoms with Crippen LogP contribution < -0.4 is 4.90 Å². The van der Waals surface area contributed by atoms with Gasteiger partial charge in [0, 0.05) is 24.4 Å². The Morgan fingerprint density at radius 1 is 1.21 bits per heavy atom. The normalized spacial score (nSPS) is 10.3. The quantitative estimate of drug-likeness (QED) is 0.900. The van der Waals surface area contributed by atoms with Crippen LogP contribution in [0.15, 0.2) is 42.5 Å². The van der Waals surface area contributed by atoms with E-state index in [1.54, 1.807) is 26.1 Å². The van der Waals surface area contributed by atoms with E-state index in [-0.39, 0.29) is 17.5 Å². The molecule has 0 aliphatic carbocycles. The lowest BCUT2D eigenvalue weighted by atomic mass is 10.1. The summed E-state index contributed by atoms with van der Waals surface area (Å²) < 4.78 is 13.2. The molecule has 0 bridgehead atoms. The van der Waals surface area contributed by atoms with Crippen molar-refractivity contribution in [1.29, 1.82) is 0 Å². The summed E-state index contributed by atoms with van der Waals surface area (Å²) in [6.45, 7) is 1.61. The molecule has 1 amide bonds. The van der Waals surface area contributed by atoms with E-state index in [1.807, 2.05) is 0 Å². The van der Waals surface area contributed by atoms with Gasteiger partial charge in [-0.3, -0.25) is 4.79 Å². The maximum Gasteiger partial charge on any atom is 0.258 e. The van der Waals surface area contributed by atoms with Crippen LogP contribution >= 0.6 is 0 Å². The number of phenols is 1. The van der Waals surface area contributed by atoms with Crippen molar-refractivity contribution in [2.75, 3.05) is 11.9 Å². The smallest absolute Gasteiger partial charge is 0.258 e. The number of carbonyl (C=O) groups is 1. The molecule has 0 atom stereocenters. The van der Waals surface area contributed by atoms with Crippen molar-refractivity contribution < 1.29 is 14.3 Å². The molecule has 2 aromatic rings. The van der Waals surface area contributed by atoms with Crippen LogP contribution in [0.5, 0.6) is 5.75 Å². The van der Waals surface area contributed by atoms with Crippen LogP contribution in [0.25, 0.3) is 0 Å². The van der Waals surface area contributed by atoms with E-state index in [1.165, 1.54) is 35.2 Å². The third kappa shape index (κ3) is 2.73. The molecule has 2 aromatic carbocycles. The highest BCUT2D eigenvalue weighted by Crippen LogP contribution is 2.21. The van der Waals surface area contributed by atoms with Gasteiger partial charge in [0.05, 0.1) is 0 Å². The van der Waals surface area contributed by atoms with Crippen molar-refractivity contribution >= 4 is 11.6 Å². The van der Waals surface area contributed by atoms with Gasteiger partial charge < -0.3 is 10.0 Å². The third-order valence-electron chi connectivity index (χ3n) is 2.93. The number of rotatable bonds is 2. The Hall–Kier alpha value is -2.36. The summed E-state index contributed by atoms with van der Waals surface area (Å²) in [5.41, 5.74) is 1.41. The SMILES string of the molecule is Cc1cc(C(=O)N(C)c2cccc(O)c2)ccc1F. The van der Waals surface area contributed by atoms with Crippen molar-refractivity contribution in [3.05, 3.63) is 59.4 Å². The van der Waals surface area contributed by atoms with Gasteiger partial charge in [-0.1, -0.05) is 6.07 Å². The zero-order valence-corrected chi connectivity index (χ0v) is 10.7. The summed E-state index contributed by atoms with van der Waals surface area (Å²) in [6.07, 6.45) is 0. The summed E-state index contributed by atoms with van der Waals surface area (Å²) in [5, 5.41) is 9.41. The molecule has 0 radical (unpaired) electrons. The van der Waals surface area contributed by atoms with Crippen LogP contribution in [-0.4, -0.2) is 18.1 Å². The van der Waals surface area contributed by atoms with Gasteiger partial charge in [-0.2, -0.15) is 0 Å². The average Bonchev–Trinajstić information content (AvgIpc) is 2.40. The molecule has 19 heavy (non-hydrogen) atoms. The molecule has 0 fully saturated rings. The van der Waals surface area contributed by atoms with Gasteiger partial charge in [0.2, 0.25) is 0 Å². The van der Waals surface area contributed by atoms with Crippen LogP contribution in [0.1, 0.15) is 15.9 Å². The molecule has 1 N–H and O–H groups in total. The Morgan fingerprint density at radius 2 is 1.95 bits per heavy atom. The highest BCUT2D eigenvalue weighted by atomic mass is 19.1. The first-order chi connectivity index (χ1) is 8.99. The molecule has 4 heteroatoms. The van der Waals surface area contributed by atoms with Gasteiger partial charge in [0.15, 0.2) is 0 Å². The second-order valence-electron chi connectivity index (χ2n) is 4.35. The van der Waals surface area contributed by atoms with Gasteiger partial charge in [-0.25, -0.2) is 4.39 Å². The van der Waals surface area contributed by atoms with Crippen molar-refractivity contribution in [2.24, 2.45) is 0 Å². The van der Waals surface area contributed by atoms with Gasteiger partial charge in [0.1, 0.15) is 11.6 Å². The van der Waals surface area contributed by atoms with Crippen molar-refractivity contribution in [2.45, 2.75) is 6.92 Å². The first-order valence-corrected chi connectivity index (χ1v) is 5.82. The number of benzene rings is 2. The Bertz CT molecular complexity index is 625. The minimum atomic E-state index is -0.337. The molecule has 2 rings (SSSR count). The maximum absolute atomic E-state index is 13.2. The molecular weight excluding hydrogens is 245 g/mol. The number of aryl methyl sites for hydroxylation is 1. The Morgan fingerprint density at radius 3 is 2.58 bits per heavy atom. The number of amides is 1. The highest BCUT2D eigenvalue weighted by molar-refractivity contribution is 6.05. The van der Waals surface area contributed by atoms with Gasteiger partial charge in [-0.05, 0) is 42.8 Å². The maximum atomic E-state index is 13.2. The van der Waals surface area contributed by atoms with E-state index >= 15 is 0 Å². The third-order valence-corrected chi connectivity index (χ3v) is 2.93. The predicted molar refractivity (Wildman–Crippen MR) is 72.0 cm³/mol. The van der Waals surface area contributed by atoms with E-state index < -0.39 is 0 Å². The summed E-state index contributed by atoms with van der Waals surface area (Å²) in [4.78, 5) is 13.7. The van der Waals surface area contributed by atoms with Crippen LogP contribution in [-0.2, 0) is 0 Å². The molecule has 0 aromatic heterocycles. The minimum absolute atomic E-state index is 0.0902. The Labute approximate surface area is 110 Å². The standard InChI is InChI=1S/C15H14FNO2/c1-10-8-11(6-7-14(10)16)15(19)17(2)12-4-3-5-13(18)9-12/h3-9,18H,1-2H3. The fourth-order valence-electron chi connectivity index (χ4n) is 1.79. The van der Waals surface area contributed by atoms with Crippen LogP contribution in [0, 0.1) is 12.7 Å². The monoisotopic (exact) mass is 259 g/mol. The topological polar surface area (TPSA) is 40.5 Å². The largest absolute Gasteiger partial charge is 0.508 e. The van der Waals surface area contributed by atoms with Crippen molar-refractivity contribution in [3.63, 3.8) is 0 Å². The molecule has 0 saturated heterocycles. The van der Waals surface area contributed by atoms with Gasteiger partial charge in [0.25, 0.3) is 5.91 Å². The number of halogens is 1. The average molecular weight is 259 g/mol. The first kappa shape index (κ1) is 13.1. The zero-order chi connectivity index (χ0) is 14.0. The van der Waals surface area contributed by atoms with Crippen molar-refractivity contribution in [3.8, 4) is 5.75 Å². The number of phenolic OH excluding ortho intramolecular Hbond substituents is 1. The number of aromatic hydroxyl groups is 1. The lowest BCUT2D eigenvalue weighted by Gasteiger charge is -2.17. The summed E-state index contributed by atoms with van der Waals surface area (Å²) >= 11 is 0. The number of carbonyl (C=O) groups excluding carboxylic acids is 1. The summed E-state index contributed by atoms with van der Waals surface area (Å²) in [7, 11) is 1.61. The Kier molecular flexibility index (Phi) is 3.51. The number of hydrogen-bond donors (Lipinski definition) is 1. The van der Waals surface area contributed by atoms with Gasteiger partial charge >= 0.3 is 0 Å². The van der Waals surface area contributed by atoms with Crippen LogP contribution in [0.3, 0.4) is 0 Å². The molecule has 98 valence electrons. The van der Waals surface area contributed by atoms with E-state index in [9.17, 15) is 14.3 Å². The molecule has 3 nitrogen and oxygen atoms in total. The molecular formula is C15H14FNO2. The lowest BCUT2D eigenvalue weighted by molar-refractivity contribution is 0.0993. The molecule has 0 heterocycles. The first-order valence-electron chi connectivity index (χ1n) is 5.82. The highest BCUT2D eigenvalue weighted by Gasteiger charge is 2.14. The summed E-state index contributed by atoms with van der Waals surface area (Å²) in [5.74, 6) is -0.502. The van der Waals surface area contributed by atoms with E-state index in [0.717, 1.165) is 0 Å². The molecule has 0 saturated carbocycles. The van der Waals surface area contributed by atoms with E-state index in [2.05, 4.69) is 0 Å². The summed E-state index contributed by atoms with van der Waals surface area (Å²) in [6, 6.07) is 10.6. The minimum Gasteiger partial charge on any atom is -0.508 e. The molecule has 0 spiro atoms. The molecule has 0 aliphatic rings. The molecule has 0 aliphatic heterocycles. The number of hydrogen-bond acceptors (Lipinski definition) is 2. The molecule has 0 unspecified atom stereocenters. The second-order valence-corrected chi connectivity index (χ2v) is 4.35. The zero-order valence-electron chi connectivity index (χ0n) is 10.7. The number of nitrogens with zero attached hydrogens (tertiary/aromatic N) is 1. The van der Waals surface area contributed by atoms with Crippen molar-refractivity contribution in [1.82, 2.24) is 0 Å². The van der Waals surface area contributed by atoms with Gasteiger partial charge in [-0.15, -0.1) is 0 Å². The fourth-order valence-corrected chi connectivity index (χ4v) is 1.79. The lowest BCUT2D eigenvalue weighted by Crippen LogP contribution is -2.26. The number of anilines is 1. The van der Waals surface area contributed by atoms with Crippen LogP contribution in [0.4, 0.5) is 10.1 Å². The second kappa shape index (κ2) is 5.10. The van der Waals surface area contributed by atoms with Crippen LogP contribution in [0.2, 0.25) is 0 Å².